The van der Waals surface area contributed by atoms with E-state index in [1.54, 1.807) is 0 Å². The van der Waals surface area contributed by atoms with Gasteiger partial charge in [-0.2, -0.15) is 0 Å². The summed E-state index contributed by atoms with van der Waals surface area (Å²) in [5.41, 5.74) is 4.98. The summed E-state index contributed by atoms with van der Waals surface area (Å²) in [5, 5.41) is 27.6. The molecule has 0 aliphatic heterocycles. The molecule has 29 heavy (non-hydrogen) atoms. The van der Waals surface area contributed by atoms with Gasteiger partial charge in [-0.15, -0.1) is 0 Å². The molecular formula is C20H45BN4O4. The van der Waals surface area contributed by atoms with Crippen LogP contribution >= 0.6 is 0 Å². The van der Waals surface area contributed by atoms with Crippen molar-refractivity contribution in [3.63, 3.8) is 0 Å². The van der Waals surface area contributed by atoms with Crippen LogP contribution in [-0.2, 0) is 4.79 Å². The van der Waals surface area contributed by atoms with E-state index in [-0.39, 0.29) is 6.32 Å². The molecule has 0 aliphatic carbocycles. The summed E-state index contributed by atoms with van der Waals surface area (Å²) in [6.07, 6.45) is 2.10. The van der Waals surface area contributed by atoms with E-state index < -0.39 is 18.6 Å². The van der Waals surface area contributed by atoms with E-state index in [9.17, 15) is 9.90 Å². The highest BCUT2D eigenvalue weighted by atomic mass is 16.4. The number of nitrogens with zero attached hydrogens (tertiary/aromatic N) is 3. The number of hydrogen-bond acceptors (Lipinski definition) is 7. The van der Waals surface area contributed by atoms with E-state index >= 15 is 0 Å². The largest absolute Gasteiger partial charge is 0.480 e. The molecule has 5 N–H and O–H groups in total. The molecule has 1 unspecified atom stereocenters. The summed E-state index contributed by atoms with van der Waals surface area (Å²) in [5.74, 6) is -0.977. The van der Waals surface area contributed by atoms with Crippen molar-refractivity contribution in [1.29, 1.82) is 0 Å². The van der Waals surface area contributed by atoms with Gasteiger partial charge in [0, 0.05) is 32.7 Å². The fraction of sp³-hybridized carbons (Fsp3) is 0.950. The van der Waals surface area contributed by atoms with Crippen molar-refractivity contribution >= 4 is 13.1 Å². The Morgan fingerprint density at radius 2 is 1.24 bits per heavy atom. The third-order valence-electron chi connectivity index (χ3n) is 5.89. The highest BCUT2D eigenvalue weighted by molar-refractivity contribution is 6.40. The van der Waals surface area contributed by atoms with Gasteiger partial charge in [0.1, 0.15) is 5.54 Å². The minimum atomic E-state index is -1.34. The van der Waals surface area contributed by atoms with Gasteiger partial charge in [-0.25, -0.2) is 0 Å². The van der Waals surface area contributed by atoms with Crippen LogP contribution < -0.4 is 5.73 Å². The highest BCUT2D eigenvalue weighted by Crippen LogP contribution is 2.18. The highest BCUT2D eigenvalue weighted by Gasteiger charge is 2.33. The Kier molecular flexibility index (Phi) is 15.7. The molecule has 9 heteroatoms. The Labute approximate surface area is 178 Å². The normalized spacial score (nSPS) is 14.0. The Balaban J connectivity index is 4.84. The van der Waals surface area contributed by atoms with E-state index in [4.69, 9.17) is 15.8 Å². The molecule has 1 atom stereocenters. The van der Waals surface area contributed by atoms with E-state index in [1.165, 1.54) is 0 Å². The fourth-order valence-electron chi connectivity index (χ4n) is 3.44. The zero-order chi connectivity index (χ0) is 22.3. The van der Waals surface area contributed by atoms with Crippen LogP contribution in [-0.4, -0.2) is 107 Å². The Hall–Kier alpha value is -0.705. The Morgan fingerprint density at radius 1 is 0.793 bits per heavy atom. The average Bonchev–Trinajstić information content (AvgIpc) is 2.69. The van der Waals surface area contributed by atoms with Crippen LogP contribution in [0.15, 0.2) is 0 Å². The van der Waals surface area contributed by atoms with Crippen molar-refractivity contribution in [3.8, 4) is 0 Å². The summed E-state index contributed by atoms with van der Waals surface area (Å²) < 4.78 is 0. The number of nitrogens with two attached hydrogens (primary N) is 1. The molecule has 0 heterocycles. The predicted molar refractivity (Wildman–Crippen MR) is 120 cm³/mol. The van der Waals surface area contributed by atoms with E-state index in [0.717, 1.165) is 52.4 Å². The monoisotopic (exact) mass is 416 g/mol. The van der Waals surface area contributed by atoms with Crippen molar-refractivity contribution in [1.82, 2.24) is 14.7 Å². The standard InChI is InChI=1S/C20H45BN4O4/c1-5-23(6-2)15-17-25(18-16-24(7-3)8-4)14-12-20(22,19(26)27)11-9-10-13-21(28)29/h28-29H,5-18,22H2,1-4H3,(H,26,27). The molecule has 0 saturated carbocycles. The quantitative estimate of drug-likeness (QED) is 0.181. The number of likely N-dealkylation sites (N-methyl/N-ethyl adjacent to an activating group) is 2. The molecule has 0 aromatic rings. The molecule has 172 valence electrons. The molecule has 0 bridgehead atoms. The van der Waals surface area contributed by atoms with Gasteiger partial charge in [0.2, 0.25) is 0 Å². The first-order chi connectivity index (χ1) is 13.7. The van der Waals surface area contributed by atoms with Crippen LogP contribution in [0.3, 0.4) is 0 Å². The molecule has 0 saturated heterocycles. The molecule has 0 aromatic carbocycles. The van der Waals surface area contributed by atoms with Crippen molar-refractivity contribution in [3.05, 3.63) is 0 Å². The first-order valence-electron chi connectivity index (χ1n) is 11.3. The van der Waals surface area contributed by atoms with Crippen LogP contribution in [0.1, 0.15) is 53.4 Å². The number of carbonyl (C=O) groups is 1. The topological polar surface area (TPSA) is 114 Å². The maximum Gasteiger partial charge on any atom is 0.451 e. The first-order valence-corrected chi connectivity index (χ1v) is 11.3. The van der Waals surface area contributed by atoms with Crippen molar-refractivity contribution < 1.29 is 19.9 Å². The van der Waals surface area contributed by atoms with Crippen LogP contribution in [0, 0.1) is 0 Å². The van der Waals surface area contributed by atoms with E-state index in [2.05, 4.69) is 42.4 Å². The van der Waals surface area contributed by atoms with Gasteiger partial charge in [-0.1, -0.05) is 40.5 Å². The smallest absolute Gasteiger partial charge is 0.451 e. The number of hydrogen-bond donors (Lipinski definition) is 4. The van der Waals surface area contributed by atoms with E-state index in [0.29, 0.717) is 32.2 Å². The third kappa shape index (κ3) is 12.6. The van der Waals surface area contributed by atoms with Crippen molar-refractivity contribution in [2.75, 3.05) is 58.9 Å². The molecular weight excluding hydrogens is 371 g/mol. The van der Waals surface area contributed by atoms with Gasteiger partial charge in [0.15, 0.2) is 0 Å². The molecule has 0 fully saturated rings. The van der Waals surface area contributed by atoms with Crippen LogP contribution in [0.25, 0.3) is 0 Å². The van der Waals surface area contributed by atoms with Gasteiger partial charge in [-0.05, 0) is 45.3 Å². The van der Waals surface area contributed by atoms with Gasteiger partial charge in [0.05, 0.1) is 0 Å². The van der Waals surface area contributed by atoms with Crippen molar-refractivity contribution in [2.45, 2.75) is 65.2 Å². The van der Waals surface area contributed by atoms with Gasteiger partial charge in [0.25, 0.3) is 0 Å². The van der Waals surface area contributed by atoms with Crippen molar-refractivity contribution in [2.24, 2.45) is 5.73 Å². The fourth-order valence-corrected chi connectivity index (χ4v) is 3.44. The summed E-state index contributed by atoms with van der Waals surface area (Å²) in [6, 6.07) is 0. The minimum absolute atomic E-state index is 0.246. The third-order valence-corrected chi connectivity index (χ3v) is 5.89. The number of carboxylic acid groups (broad SMARTS) is 1. The maximum absolute atomic E-state index is 11.8. The molecule has 0 aliphatic rings. The maximum atomic E-state index is 11.8. The molecule has 0 rings (SSSR count). The predicted octanol–water partition coefficient (Wildman–Crippen LogP) is 0.787. The second-order valence-corrected chi connectivity index (χ2v) is 7.83. The SMILES string of the molecule is CCN(CC)CCN(CCN(CC)CC)CCC(N)(CCCCB(O)O)C(=O)O. The number of aliphatic carboxylic acids is 1. The average molecular weight is 416 g/mol. The van der Waals surface area contributed by atoms with E-state index in [1.807, 2.05) is 0 Å². The minimum Gasteiger partial charge on any atom is -0.480 e. The summed E-state index contributed by atoms with van der Waals surface area (Å²) in [7, 11) is -1.34. The van der Waals surface area contributed by atoms with Crippen LogP contribution in [0.5, 0.6) is 0 Å². The summed E-state index contributed by atoms with van der Waals surface area (Å²) >= 11 is 0. The van der Waals surface area contributed by atoms with Gasteiger partial charge >= 0.3 is 13.1 Å². The van der Waals surface area contributed by atoms with Gasteiger partial charge in [-0.3, -0.25) is 4.79 Å². The zero-order valence-corrected chi connectivity index (χ0v) is 19.1. The van der Waals surface area contributed by atoms with Gasteiger partial charge < -0.3 is 35.6 Å². The second-order valence-electron chi connectivity index (χ2n) is 7.83. The second kappa shape index (κ2) is 16.0. The lowest BCUT2D eigenvalue weighted by Crippen LogP contribution is -2.51. The molecule has 8 nitrogen and oxygen atoms in total. The number of unbranched alkanes of at least 4 members (excludes halogenated alkanes) is 1. The zero-order valence-electron chi connectivity index (χ0n) is 19.1. The summed E-state index contributed by atoms with van der Waals surface area (Å²) in [6.45, 7) is 17.0. The molecule has 0 amide bonds. The lowest BCUT2D eigenvalue weighted by atomic mass is 9.81. The lowest BCUT2D eigenvalue weighted by Gasteiger charge is -2.32. The molecule has 0 aromatic heterocycles. The molecule has 0 radical (unpaired) electrons. The van der Waals surface area contributed by atoms with Crippen LogP contribution in [0.2, 0.25) is 6.32 Å². The lowest BCUT2D eigenvalue weighted by molar-refractivity contribution is -0.144. The van der Waals surface area contributed by atoms with Crippen LogP contribution in [0.4, 0.5) is 0 Å². The number of rotatable bonds is 19. The summed E-state index contributed by atoms with van der Waals surface area (Å²) in [4.78, 5) is 18.9. The first kappa shape index (κ1) is 28.3. The number of carboxylic acids is 1. The Bertz CT molecular complexity index is 407. The Morgan fingerprint density at radius 3 is 1.62 bits per heavy atom. The molecule has 0 spiro atoms.